The maximum absolute atomic E-state index is 12.2. The number of carbonyl (C=O) groups is 2. The zero-order chi connectivity index (χ0) is 24.0. The zero-order valence-electron chi connectivity index (χ0n) is 19.6. The minimum Gasteiger partial charge on any atom is -0.478 e. The molecule has 0 spiro atoms. The third kappa shape index (κ3) is 5.00. The predicted octanol–water partition coefficient (Wildman–Crippen LogP) is 7.27. The summed E-state index contributed by atoms with van der Waals surface area (Å²) in [7, 11) is 0. The fraction of sp³-hybridized carbons (Fsp3) is 0.310. The van der Waals surface area contributed by atoms with Gasteiger partial charge in [-0.1, -0.05) is 76.1 Å². The number of aromatic carboxylic acids is 2. The molecule has 0 fully saturated rings. The van der Waals surface area contributed by atoms with Crippen LogP contribution in [0.2, 0.25) is 0 Å². The molecule has 0 radical (unpaired) electrons. The number of carboxylic acid groups (broad SMARTS) is 2. The molecule has 0 aromatic heterocycles. The normalized spacial score (nSPS) is 10.9. The van der Waals surface area contributed by atoms with Crippen molar-refractivity contribution in [1.82, 2.24) is 0 Å². The van der Waals surface area contributed by atoms with Crippen LogP contribution in [-0.4, -0.2) is 22.2 Å². The molecule has 3 aromatic rings. The molecule has 3 aromatic carbocycles. The highest BCUT2D eigenvalue weighted by Gasteiger charge is 2.25. The predicted molar refractivity (Wildman–Crippen MR) is 133 cm³/mol. The first-order valence-electron chi connectivity index (χ1n) is 11.8. The van der Waals surface area contributed by atoms with E-state index >= 15 is 0 Å². The van der Waals surface area contributed by atoms with E-state index in [4.69, 9.17) is 0 Å². The molecule has 4 heteroatoms. The van der Waals surface area contributed by atoms with Gasteiger partial charge in [0.25, 0.3) is 0 Å². The lowest BCUT2D eigenvalue weighted by Gasteiger charge is -2.25. The van der Waals surface area contributed by atoms with Gasteiger partial charge in [0, 0.05) is 0 Å². The van der Waals surface area contributed by atoms with Crippen molar-refractivity contribution in [3.05, 3.63) is 82.4 Å². The number of rotatable bonds is 10. The molecule has 0 amide bonds. The Kier molecular flexibility index (Phi) is 8.05. The van der Waals surface area contributed by atoms with Crippen LogP contribution in [0.5, 0.6) is 0 Å². The first-order valence-corrected chi connectivity index (χ1v) is 11.8. The van der Waals surface area contributed by atoms with E-state index in [-0.39, 0.29) is 11.1 Å². The molecule has 0 saturated heterocycles. The molecule has 0 aliphatic rings. The Bertz CT molecular complexity index is 1160. The highest BCUT2D eigenvalue weighted by molar-refractivity contribution is 6.04. The van der Waals surface area contributed by atoms with Gasteiger partial charge in [-0.2, -0.15) is 0 Å². The highest BCUT2D eigenvalue weighted by Crippen LogP contribution is 2.43. The van der Waals surface area contributed by atoms with Crippen LogP contribution in [0, 0.1) is 0 Å². The van der Waals surface area contributed by atoms with Crippen LogP contribution in [0.25, 0.3) is 22.3 Å². The van der Waals surface area contributed by atoms with E-state index in [0.29, 0.717) is 11.1 Å². The van der Waals surface area contributed by atoms with Gasteiger partial charge in [0.15, 0.2) is 0 Å². The van der Waals surface area contributed by atoms with Crippen LogP contribution in [0.4, 0.5) is 0 Å². The van der Waals surface area contributed by atoms with E-state index in [1.807, 2.05) is 24.3 Å². The van der Waals surface area contributed by atoms with Crippen LogP contribution < -0.4 is 0 Å². The second-order valence-corrected chi connectivity index (χ2v) is 8.33. The van der Waals surface area contributed by atoms with Crippen LogP contribution in [0.3, 0.4) is 0 Å². The number of benzene rings is 3. The van der Waals surface area contributed by atoms with Crippen molar-refractivity contribution in [3.63, 3.8) is 0 Å². The minimum atomic E-state index is -0.986. The molecule has 33 heavy (non-hydrogen) atoms. The van der Waals surface area contributed by atoms with Crippen molar-refractivity contribution < 1.29 is 19.8 Å². The van der Waals surface area contributed by atoms with Crippen LogP contribution in [0.15, 0.2) is 54.6 Å². The summed E-state index contributed by atoms with van der Waals surface area (Å²) in [5, 5.41) is 20.0. The molecule has 4 nitrogen and oxygen atoms in total. The van der Waals surface area contributed by atoms with Gasteiger partial charge in [-0.15, -0.1) is 0 Å². The van der Waals surface area contributed by atoms with Gasteiger partial charge in [-0.3, -0.25) is 0 Å². The Morgan fingerprint density at radius 1 is 0.697 bits per heavy atom. The number of aryl methyl sites for hydroxylation is 2. The molecule has 0 heterocycles. The van der Waals surface area contributed by atoms with E-state index in [2.05, 4.69) is 26.8 Å². The fourth-order valence-corrected chi connectivity index (χ4v) is 4.64. The maximum Gasteiger partial charge on any atom is 0.336 e. The number of unbranched alkanes of at least 4 members (excludes halogenated alkanes) is 1. The van der Waals surface area contributed by atoms with Gasteiger partial charge in [0.1, 0.15) is 0 Å². The van der Waals surface area contributed by atoms with E-state index in [0.717, 1.165) is 60.8 Å². The second kappa shape index (κ2) is 11.0. The van der Waals surface area contributed by atoms with E-state index in [1.165, 1.54) is 5.56 Å². The highest BCUT2D eigenvalue weighted by atomic mass is 16.4. The molecule has 0 unspecified atom stereocenters. The molecule has 0 saturated carbocycles. The van der Waals surface area contributed by atoms with Gasteiger partial charge in [-0.05, 0) is 76.8 Å². The number of hydrogen-bond donors (Lipinski definition) is 2. The molecule has 3 rings (SSSR count). The molecule has 0 aliphatic carbocycles. The largest absolute Gasteiger partial charge is 0.478 e. The molecule has 0 aliphatic heterocycles. The van der Waals surface area contributed by atoms with Crippen molar-refractivity contribution in [1.29, 1.82) is 0 Å². The minimum absolute atomic E-state index is 0.231. The Hall–Kier alpha value is -3.40. The Balaban J connectivity index is 2.56. The lowest BCUT2D eigenvalue weighted by molar-refractivity contribution is 0.0686. The Labute approximate surface area is 195 Å². The van der Waals surface area contributed by atoms with Gasteiger partial charge < -0.3 is 10.2 Å². The SMILES string of the molecule is CCCCc1c(CC)cc(CCC)c(-c2ccccc2C(=O)O)c1-c1ccccc1C(=O)O. The average Bonchev–Trinajstić information content (AvgIpc) is 2.82. The summed E-state index contributed by atoms with van der Waals surface area (Å²) >= 11 is 0. The van der Waals surface area contributed by atoms with E-state index in [9.17, 15) is 19.8 Å². The van der Waals surface area contributed by atoms with Crippen molar-refractivity contribution in [2.45, 2.75) is 59.3 Å². The molecule has 172 valence electrons. The third-order valence-corrected chi connectivity index (χ3v) is 6.14. The lowest BCUT2D eigenvalue weighted by atomic mass is 9.79. The lowest BCUT2D eigenvalue weighted by Crippen LogP contribution is -2.09. The quantitative estimate of drug-likeness (QED) is 0.345. The van der Waals surface area contributed by atoms with E-state index < -0.39 is 11.9 Å². The van der Waals surface area contributed by atoms with Crippen molar-refractivity contribution in [2.24, 2.45) is 0 Å². The van der Waals surface area contributed by atoms with Gasteiger partial charge in [0.2, 0.25) is 0 Å². The standard InChI is InChI=1S/C29H32O4/c1-4-7-13-21-19(6-3)18-20(12-5-2)26(22-14-8-10-16-24(22)28(30)31)27(21)23-15-9-11-17-25(23)29(32)33/h8-11,14-18H,4-7,12-13H2,1-3H3,(H,30,31)(H,32,33). The summed E-state index contributed by atoms with van der Waals surface area (Å²) in [5.74, 6) is -1.97. The molecular weight excluding hydrogens is 412 g/mol. The van der Waals surface area contributed by atoms with Gasteiger partial charge >= 0.3 is 11.9 Å². The van der Waals surface area contributed by atoms with Crippen LogP contribution in [-0.2, 0) is 19.3 Å². The molecular formula is C29H32O4. The summed E-state index contributed by atoms with van der Waals surface area (Å²) in [6, 6.07) is 16.4. The summed E-state index contributed by atoms with van der Waals surface area (Å²) in [5.41, 5.74) is 6.89. The molecule has 0 bridgehead atoms. The Morgan fingerprint density at radius 2 is 1.24 bits per heavy atom. The molecule has 2 N–H and O–H groups in total. The Morgan fingerprint density at radius 3 is 1.73 bits per heavy atom. The molecule has 0 atom stereocenters. The number of hydrogen-bond acceptors (Lipinski definition) is 2. The maximum atomic E-state index is 12.2. The average molecular weight is 445 g/mol. The second-order valence-electron chi connectivity index (χ2n) is 8.33. The van der Waals surface area contributed by atoms with Crippen LogP contribution >= 0.6 is 0 Å². The summed E-state index contributed by atoms with van der Waals surface area (Å²) in [4.78, 5) is 24.4. The summed E-state index contributed by atoms with van der Waals surface area (Å²) in [6.07, 6.45) is 5.33. The fourth-order valence-electron chi connectivity index (χ4n) is 4.64. The summed E-state index contributed by atoms with van der Waals surface area (Å²) in [6.45, 7) is 6.37. The first kappa shape index (κ1) is 24.2. The number of carboxylic acids is 2. The van der Waals surface area contributed by atoms with Crippen molar-refractivity contribution in [3.8, 4) is 22.3 Å². The first-order chi connectivity index (χ1) is 15.9. The summed E-state index contributed by atoms with van der Waals surface area (Å²) < 4.78 is 0. The third-order valence-electron chi connectivity index (χ3n) is 6.14. The van der Waals surface area contributed by atoms with E-state index in [1.54, 1.807) is 24.3 Å². The van der Waals surface area contributed by atoms with Crippen molar-refractivity contribution >= 4 is 11.9 Å². The van der Waals surface area contributed by atoms with Crippen molar-refractivity contribution in [2.75, 3.05) is 0 Å². The zero-order valence-corrected chi connectivity index (χ0v) is 19.6. The van der Waals surface area contributed by atoms with Crippen LogP contribution in [0.1, 0.15) is 77.4 Å². The topological polar surface area (TPSA) is 74.6 Å². The van der Waals surface area contributed by atoms with Gasteiger partial charge in [0.05, 0.1) is 11.1 Å². The smallest absolute Gasteiger partial charge is 0.336 e. The van der Waals surface area contributed by atoms with Gasteiger partial charge in [-0.25, -0.2) is 9.59 Å². The monoisotopic (exact) mass is 444 g/mol.